The van der Waals surface area contributed by atoms with Crippen LogP contribution in [-0.2, 0) is 9.59 Å². The molecule has 0 aromatic heterocycles. The molecule has 0 radical (unpaired) electrons. The van der Waals surface area contributed by atoms with Crippen LogP contribution in [0, 0.1) is 12.7 Å². The molecule has 2 fully saturated rings. The average Bonchev–Trinajstić information content (AvgIpc) is 3.52. The SMILES string of the molecule is COc1ccc(C)cc1/C(O)=C1\C(=O)C(=O)N(c2ccc(N3CCCC3)cc2)C1c1ccc(F)cc1. The molecule has 2 saturated heterocycles. The number of anilines is 2. The Balaban J connectivity index is 1.66. The van der Waals surface area contributed by atoms with Crippen LogP contribution in [0.1, 0.15) is 35.6 Å². The first-order valence-corrected chi connectivity index (χ1v) is 12.0. The first-order chi connectivity index (χ1) is 17.4. The molecule has 6 nitrogen and oxygen atoms in total. The van der Waals surface area contributed by atoms with Crippen LogP contribution in [0.3, 0.4) is 0 Å². The van der Waals surface area contributed by atoms with E-state index in [4.69, 9.17) is 4.74 Å². The lowest BCUT2D eigenvalue weighted by Crippen LogP contribution is -2.29. The minimum Gasteiger partial charge on any atom is -0.507 e. The summed E-state index contributed by atoms with van der Waals surface area (Å²) in [6.45, 7) is 3.82. The van der Waals surface area contributed by atoms with Crippen LogP contribution in [0.25, 0.3) is 5.76 Å². The zero-order valence-corrected chi connectivity index (χ0v) is 20.2. The monoisotopic (exact) mass is 486 g/mol. The summed E-state index contributed by atoms with van der Waals surface area (Å²) in [6, 6.07) is 17.4. The summed E-state index contributed by atoms with van der Waals surface area (Å²) in [5.41, 5.74) is 3.17. The van der Waals surface area contributed by atoms with Gasteiger partial charge in [-0.1, -0.05) is 23.8 Å². The fourth-order valence-electron chi connectivity index (χ4n) is 5.01. The first kappa shape index (κ1) is 23.6. The van der Waals surface area contributed by atoms with Gasteiger partial charge < -0.3 is 14.7 Å². The number of carbonyl (C=O) groups is 2. The van der Waals surface area contributed by atoms with E-state index in [2.05, 4.69) is 4.90 Å². The highest BCUT2D eigenvalue weighted by Gasteiger charge is 2.47. The van der Waals surface area contributed by atoms with Gasteiger partial charge in [-0.05, 0) is 73.9 Å². The summed E-state index contributed by atoms with van der Waals surface area (Å²) < 4.78 is 19.2. The summed E-state index contributed by atoms with van der Waals surface area (Å²) in [5.74, 6) is -1.97. The normalized spacial score (nSPS) is 19.2. The molecule has 3 aromatic carbocycles. The number of nitrogens with zero attached hydrogens (tertiary/aromatic N) is 2. The number of hydrogen-bond donors (Lipinski definition) is 1. The molecule has 5 rings (SSSR count). The number of carbonyl (C=O) groups excluding carboxylic acids is 2. The second-order valence-corrected chi connectivity index (χ2v) is 9.13. The van der Waals surface area contributed by atoms with Crippen LogP contribution in [0.4, 0.5) is 15.8 Å². The Kier molecular flexibility index (Phi) is 6.22. The van der Waals surface area contributed by atoms with Gasteiger partial charge in [0.25, 0.3) is 11.7 Å². The van der Waals surface area contributed by atoms with Gasteiger partial charge in [0, 0.05) is 24.5 Å². The van der Waals surface area contributed by atoms with Crippen LogP contribution in [0.5, 0.6) is 5.75 Å². The number of rotatable bonds is 5. The maximum atomic E-state index is 13.8. The van der Waals surface area contributed by atoms with Crippen molar-refractivity contribution >= 4 is 28.8 Å². The van der Waals surface area contributed by atoms with Crippen molar-refractivity contribution in [2.45, 2.75) is 25.8 Å². The Morgan fingerprint density at radius 3 is 2.22 bits per heavy atom. The Labute approximate surface area is 209 Å². The lowest BCUT2D eigenvalue weighted by Gasteiger charge is -2.26. The number of amides is 1. The fraction of sp³-hybridized carbons (Fsp3) is 0.241. The van der Waals surface area contributed by atoms with Crippen molar-refractivity contribution in [1.82, 2.24) is 0 Å². The molecule has 2 heterocycles. The van der Waals surface area contributed by atoms with E-state index in [9.17, 15) is 19.1 Å². The van der Waals surface area contributed by atoms with Crippen LogP contribution < -0.4 is 14.5 Å². The number of benzene rings is 3. The van der Waals surface area contributed by atoms with E-state index in [0.29, 0.717) is 22.6 Å². The Morgan fingerprint density at radius 2 is 1.58 bits per heavy atom. The number of ketones is 1. The maximum Gasteiger partial charge on any atom is 0.300 e. The van der Waals surface area contributed by atoms with E-state index < -0.39 is 23.5 Å². The average molecular weight is 487 g/mol. The van der Waals surface area contributed by atoms with Gasteiger partial charge in [-0.15, -0.1) is 0 Å². The molecular weight excluding hydrogens is 459 g/mol. The number of hydrogen-bond acceptors (Lipinski definition) is 5. The standard InChI is InChI=1S/C29H27FN2O4/c1-18-5-14-24(36-2)23(17-18)27(33)25-26(19-6-8-20(30)9-7-19)32(29(35)28(25)34)22-12-10-21(11-13-22)31-15-3-4-16-31/h5-14,17,26,33H,3-4,15-16H2,1-2H3/b27-25+. The number of ether oxygens (including phenoxy) is 1. The molecule has 0 aliphatic carbocycles. The minimum absolute atomic E-state index is 0.0703. The van der Waals surface area contributed by atoms with Crippen molar-refractivity contribution < 1.29 is 23.8 Å². The molecule has 1 unspecified atom stereocenters. The lowest BCUT2D eigenvalue weighted by atomic mass is 9.94. The molecule has 36 heavy (non-hydrogen) atoms. The van der Waals surface area contributed by atoms with Crippen molar-refractivity contribution in [1.29, 1.82) is 0 Å². The van der Waals surface area contributed by atoms with Crippen LogP contribution in [0.2, 0.25) is 0 Å². The second kappa shape index (κ2) is 9.49. The topological polar surface area (TPSA) is 70.1 Å². The number of aryl methyl sites for hydroxylation is 1. The molecule has 7 heteroatoms. The number of methoxy groups -OCH3 is 1. The summed E-state index contributed by atoms with van der Waals surface area (Å²) >= 11 is 0. The van der Waals surface area contributed by atoms with E-state index in [1.807, 2.05) is 37.3 Å². The quantitative estimate of drug-likeness (QED) is 0.298. The molecule has 2 aliphatic heterocycles. The van der Waals surface area contributed by atoms with Gasteiger partial charge in [-0.3, -0.25) is 14.5 Å². The van der Waals surface area contributed by atoms with Gasteiger partial charge in [-0.2, -0.15) is 0 Å². The smallest absolute Gasteiger partial charge is 0.300 e. The van der Waals surface area contributed by atoms with Gasteiger partial charge in [0.1, 0.15) is 17.3 Å². The van der Waals surface area contributed by atoms with Gasteiger partial charge >= 0.3 is 0 Å². The van der Waals surface area contributed by atoms with E-state index in [1.54, 1.807) is 12.1 Å². The van der Waals surface area contributed by atoms with Crippen LogP contribution in [-0.4, -0.2) is 37.0 Å². The third kappa shape index (κ3) is 4.11. The third-order valence-corrected chi connectivity index (χ3v) is 6.84. The summed E-state index contributed by atoms with van der Waals surface area (Å²) in [4.78, 5) is 30.4. The predicted molar refractivity (Wildman–Crippen MR) is 137 cm³/mol. The third-order valence-electron chi connectivity index (χ3n) is 6.84. The second-order valence-electron chi connectivity index (χ2n) is 9.13. The Morgan fingerprint density at radius 1 is 0.944 bits per heavy atom. The highest BCUT2D eigenvalue weighted by molar-refractivity contribution is 6.51. The molecule has 0 bridgehead atoms. The zero-order chi connectivity index (χ0) is 25.4. The Hall–Kier alpha value is -4.13. The molecule has 0 spiro atoms. The molecule has 3 aromatic rings. The summed E-state index contributed by atoms with van der Waals surface area (Å²) in [6.07, 6.45) is 2.28. The maximum absolute atomic E-state index is 13.8. The lowest BCUT2D eigenvalue weighted by molar-refractivity contribution is -0.132. The highest BCUT2D eigenvalue weighted by Crippen LogP contribution is 2.43. The predicted octanol–water partition coefficient (Wildman–Crippen LogP) is 5.37. The molecule has 0 saturated carbocycles. The van der Waals surface area contributed by atoms with Crippen LogP contribution in [0.15, 0.2) is 72.3 Å². The van der Waals surface area contributed by atoms with Crippen molar-refractivity contribution in [2.75, 3.05) is 30.0 Å². The largest absolute Gasteiger partial charge is 0.507 e. The number of Topliss-reactive ketones (excluding diaryl/α,β-unsaturated/α-hetero) is 1. The fourth-order valence-corrected chi connectivity index (χ4v) is 5.01. The summed E-state index contributed by atoms with van der Waals surface area (Å²) in [7, 11) is 1.47. The van der Waals surface area contributed by atoms with Crippen molar-refractivity contribution in [3.63, 3.8) is 0 Å². The Bertz CT molecular complexity index is 1340. The molecule has 1 N–H and O–H groups in total. The number of halogens is 1. The zero-order valence-electron chi connectivity index (χ0n) is 20.2. The van der Waals surface area contributed by atoms with Gasteiger partial charge in [0.2, 0.25) is 0 Å². The van der Waals surface area contributed by atoms with Crippen LogP contribution >= 0.6 is 0 Å². The molecule has 1 atom stereocenters. The molecule has 2 aliphatic rings. The van der Waals surface area contributed by atoms with Gasteiger partial charge in [0.15, 0.2) is 0 Å². The van der Waals surface area contributed by atoms with Crippen molar-refractivity contribution in [2.24, 2.45) is 0 Å². The van der Waals surface area contributed by atoms with E-state index in [1.165, 1.54) is 36.3 Å². The number of aliphatic hydroxyl groups excluding tert-OH is 1. The van der Waals surface area contributed by atoms with E-state index in [-0.39, 0.29) is 11.3 Å². The van der Waals surface area contributed by atoms with Crippen molar-refractivity contribution in [3.8, 4) is 5.75 Å². The minimum atomic E-state index is -0.937. The van der Waals surface area contributed by atoms with Gasteiger partial charge in [-0.25, -0.2) is 4.39 Å². The van der Waals surface area contributed by atoms with Gasteiger partial charge in [0.05, 0.1) is 24.3 Å². The molecule has 1 amide bonds. The number of aliphatic hydroxyl groups is 1. The highest BCUT2D eigenvalue weighted by atomic mass is 19.1. The molecule has 184 valence electrons. The molecular formula is C29H27FN2O4. The van der Waals surface area contributed by atoms with Crippen molar-refractivity contribution in [3.05, 3.63) is 94.8 Å². The summed E-state index contributed by atoms with van der Waals surface area (Å²) in [5, 5.41) is 11.4. The first-order valence-electron chi connectivity index (χ1n) is 12.0. The van der Waals surface area contributed by atoms with E-state index >= 15 is 0 Å². The van der Waals surface area contributed by atoms with E-state index in [0.717, 1.165) is 37.2 Å².